The number of carbonyl (C=O) groups is 5. The first-order valence-electron chi connectivity index (χ1n) is 27.0. The molecule has 0 saturated heterocycles. The second kappa shape index (κ2) is 14.9. The molecule has 0 unspecified atom stereocenters. The molecule has 0 radical (unpaired) electrons. The van der Waals surface area contributed by atoms with Gasteiger partial charge in [-0.05, 0) is 202 Å². The molecule has 17 atom stereocenters. The molecule has 0 heterocycles. The van der Waals surface area contributed by atoms with E-state index in [1.165, 1.54) is 11.1 Å². The minimum Gasteiger partial charge on any atom is -0.481 e. The van der Waals surface area contributed by atoms with Crippen molar-refractivity contribution in [2.24, 2.45) is 100 Å². The lowest BCUT2D eigenvalue weighted by molar-refractivity contribution is -0.202. The molecule has 376 valence electrons. The number of carboxylic acids is 2. The molecule has 0 aliphatic heterocycles. The van der Waals surface area contributed by atoms with E-state index >= 15 is 0 Å². The molecule has 8 heteroatoms. The standard InChI is InChI=1S/C30H46O4.C30H42O4/c2*1-25(2)21-8-11-30(7)23(28(21,5)10-9-22(25)32)20(31)16-18-19-17-27(4,24(33)34)13-12-26(19,3)14-15-29(18,30)6/h16,19,21-23,32H,8-15,17H2,1-7H3,(H,33,34);9-10,16,19,21,23H,8,11-15,17H2,1-7H3,(H,33,34)/t19-,21+,22+,23-,26-,27+,28+,29-,30-;19-,21+,23-,26-,27+,28+,29-,30-/m11/s1. The van der Waals surface area contributed by atoms with Crippen molar-refractivity contribution in [2.45, 2.75) is 206 Å². The van der Waals surface area contributed by atoms with E-state index in [0.29, 0.717) is 25.2 Å². The zero-order valence-corrected chi connectivity index (χ0v) is 44.5. The Labute approximate surface area is 408 Å². The van der Waals surface area contributed by atoms with E-state index in [1.807, 2.05) is 26.0 Å². The summed E-state index contributed by atoms with van der Waals surface area (Å²) in [4.78, 5) is 65.6. The molecular weight excluding hydrogens is 849 g/mol. The van der Waals surface area contributed by atoms with Gasteiger partial charge in [0, 0.05) is 22.7 Å². The monoisotopic (exact) mass is 937 g/mol. The quantitative estimate of drug-likeness (QED) is 0.248. The number of ketones is 3. The molecule has 10 aliphatic rings. The number of fused-ring (bicyclic) bond motifs is 14. The van der Waals surface area contributed by atoms with Gasteiger partial charge in [-0.2, -0.15) is 0 Å². The van der Waals surface area contributed by atoms with Crippen molar-refractivity contribution in [2.75, 3.05) is 0 Å². The van der Waals surface area contributed by atoms with Crippen molar-refractivity contribution in [1.82, 2.24) is 0 Å². The normalized spacial score (nSPS) is 52.8. The molecule has 0 aromatic carbocycles. The first-order valence-corrected chi connectivity index (χ1v) is 27.0. The first kappa shape index (κ1) is 50.1. The summed E-state index contributed by atoms with van der Waals surface area (Å²) in [7, 11) is 0. The van der Waals surface area contributed by atoms with Crippen LogP contribution in [0.2, 0.25) is 0 Å². The maximum atomic E-state index is 14.2. The molecule has 10 rings (SSSR count). The van der Waals surface area contributed by atoms with E-state index in [2.05, 4.69) is 89.2 Å². The fourth-order valence-corrected chi connectivity index (χ4v) is 20.0. The summed E-state index contributed by atoms with van der Waals surface area (Å²) in [6.45, 7) is 31.1. The molecule has 0 bridgehead atoms. The fraction of sp³-hybridized carbons (Fsp3) is 0.817. The highest BCUT2D eigenvalue weighted by Crippen LogP contribution is 2.77. The zero-order valence-electron chi connectivity index (χ0n) is 44.5. The summed E-state index contributed by atoms with van der Waals surface area (Å²) in [5.41, 5.74) is -0.465. The van der Waals surface area contributed by atoms with Crippen molar-refractivity contribution in [3.63, 3.8) is 0 Å². The molecule has 68 heavy (non-hydrogen) atoms. The van der Waals surface area contributed by atoms with Crippen LogP contribution in [-0.4, -0.2) is 50.7 Å². The van der Waals surface area contributed by atoms with Gasteiger partial charge in [0.2, 0.25) is 0 Å². The number of allylic oxidation sites excluding steroid dienone is 6. The van der Waals surface area contributed by atoms with Gasteiger partial charge in [0.1, 0.15) is 0 Å². The van der Waals surface area contributed by atoms with Crippen molar-refractivity contribution < 1.29 is 39.3 Å². The minimum absolute atomic E-state index is 0.0296. The number of aliphatic hydroxyl groups excluding tert-OH is 1. The minimum atomic E-state index is -0.732. The van der Waals surface area contributed by atoms with Gasteiger partial charge >= 0.3 is 11.9 Å². The van der Waals surface area contributed by atoms with Crippen LogP contribution in [0.5, 0.6) is 0 Å². The lowest BCUT2D eigenvalue weighted by Crippen LogP contribution is -2.66. The van der Waals surface area contributed by atoms with Gasteiger partial charge in [-0.15, -0.1) is 0 Å². The van der Waals surface area contributed by atoms with Crippen LogP contribution in [0.15, 0.2) is 35.5 Å². The lowest BCUT2D eigenvalue weighted by atomic mass is 9.33. The molecule has 0 aromatic heterocycles. The van der Waals surface area contributed by atoms with Crippen LogP contribution in [-0.2, 0) is 24.0 Å². The molecule has 3 N–H and O–H groups in total. The summed E-state index contributed by atoms with van der Waals surface area (Å²) in [6, 6.07) is 0. The average Bonchev–Trinajstić information content (AvgIpc) is 3.24. The van der Waals surface area contributed by atoms with Crippen LogP contribution in [0.25, 0.3) is 0 Å². The van der Waals surface area contributed by atoms with Gasteiger partial charge < -0.3 is 15.3 Å². The lowest BCUT2D eigenvalue weighted by Gasteiger charge is -2.70. The Morgan fingerprint density at radius 1 is 0.529 bits per heavy atom. The Bertz CT molecular complexity index is 2330. The summed E-state index contributed by atoms with van der Waals surface area (Å²) in [5.74, 6) is -0.150. The molecule has 8 nitrogen and oxygen atoms in total. The maximum absolute atomic E-state index is 14.2. The summed E-state index contributed by atoms with van der Waals surface area (Å²) in [5, 5.41) is 30.9. The molecule has 7 fully saturated rings. The van der Waals surface area contributed by atoms with Gasteiger partial charge in [-0.25, -0.2) is 0 Å². The van der Waals surface area contributed by atoms with Gasteiger partial charge in [-0.1, -0.05) is 100 Å². The van der Waals surface area contributed by atoms with Crippen LogP contribution in [0.4, 0.5) is 0 Å². The number of carbonyl (C=O) groups excluding carboxylic acids is 3. The van der Waals surface area contributed by atoms with Crippen LogP contribution in [0.1, 0.15) is 200 Å². The van der Waals surface area contributed by atoms with Crippen LogP contribution in [0, 0.1) is 100 Å². The largest absolute Gasteiger partial charge is 0.481 e. The predicted octanol–water partition coefficient (Wildman–Crippen LogP) is 12.8. The van der Waals surface area contributed by atoms with Gasteiger partial charge in [-0.3, -0.25) is 24.0 Å². The van der Waals surface area contributed by atoms with Crippen LogP contribution < -0.4 is 0 Å². The smallest absolute Gasteiger partial charge is 0.309 e. The summed E-state index contributed by atoms with van der Waals surface area (Å²) < 4.78 is 0. The van der Waals surface area contributed by atoms with Crippen molar-refractivity contribution in [1.29, 1.82) is 0 Å². The van der Waals surface area contributed by atoms with E-state index in [4.69, 9.17) is 0 Å². The highest BCUT2D eigenvalue weighted by molar-refractivity contribution is 5.99. The Morgan fingerprint density at radius 3 is 1.43 bits per heavy atom. The number of hydrogen-bond acceptors (Lipinski definition) is 6. The fourth-order valence-electron chi connectivity index (χ4n) is 20.0. The Hall–Kier alpha value is -2.87. The zero-order chi connectivity index (χ0) is 50.2. The van der Waals surface area contributed by atoms with Gasteiger partial charge in [0.25, 0.3) is 0 Å². The van der Waals surface area contributed by atoms with E-state index in [1.54, 1.807) is 6.08 Å². The van der Waals surface area contributed by atoms with E-state index < -0.39 is 28.2 Å². The van der Waals surface area contributed by atoms with Crippen molar-refractivity contribution >= 4 is 29.3 Å². The number of carboxylic acid groups (broad SMARTS) is 2. The average molecular weight is 937 g/mol. The third kappa shape index (κ3) is 6.27. The molecule has 0 spiro atoms. The Kier molecular flexibility index (Phi) is 10.9. The molecular formula is C60H88O8. The van der Waals surface area contributed by atoms with Crippen molar-refractivity contribution in [3.8, 4) is 0 Å². The summed E-state index contributed by atoms with van der Waals surface area (Å²) >= 11 is 0. The Balaban J connectivity index is 0.000000170. The van der Waals surface area contributed by atoms with E-state index in [-0.39, 0.29) is 102 Å². The van der Waals surface area contributed by atoms with E-state index in [0.717, 1.165) is 83.5 Å². The highest BCUT2D eigenvalue weighted by Gasteiger charge is 2.72. The number of hydrogen-bond donors (Lipinski definition) is 3. The molecule has 10 aliphatic carbocycles. The van der Waals surface area contributed by atoms with Gasteiger partial charge in [0.15, 0.2) is 17.3 Å². The SMILES string of the molecule is CC1(C)C(=O)C=C[C@]2(C)[C@H]3C(=O)C=C4[C@H]5C[C@@](C)(C(=O)O)CC[C@]5(C)CC[C@@]4(C)[C@]3(C)CC[C@@H]12.CC1(C)[C@@H](O)CC[C@]2(C)[C@H]3C(=O)C=C4[C@H]5C[C@@](C)(C(=O)O)CC[C@]5(C)CC[C@@]4(C)[C@]3(C)CC[C@@H]12. The molecule has 0 aromatic rings. The predicted molar refractivity (Wildman–Crippen MR) is 265 cm³/mol. The molecule has 7 saturated carbocycles. The van der Waals surface area contributed by atoms with Gasteiger partial charge in [0.05, 0.1) is 16.9 Å². The van der Waals surface area contributed by atoms with Crippen molar-refractivity contribution in [3.05, 3.63) is 35.5 Å². The number of rotatable bonds is 2. The second-order valence-corrected chi connectivity index (χ2v) is 29.3. The van der Waals surface area contributed by atoms with Crippen LogP contribution >= 0.6 is 0 Å². The molecule has 0 amide bonds. The maximum Gasteiger partial charge on any atom is 0.309 e. The highest BCUT2D eigenvalue weighted by atomic mass is 16.4. The Morgan fingerprint density at radius 2 is 0.956 bits per heavy atom. The second-order valence-electron chi connectivity index (χ2n) is 29.3. The third-order valence-corrected chi connectivity index (χ3v) is 25.4. The topological polar surface area (TPSA) is 146 Å². The van der Waals surface area contributed by atoms with Crippen LogP contribution in [0.3, 0.4) is 0 Å². The first-order chi connectivity index (χ1) is 31.1. The number of aliphatic carboxylic acids is 2. The number of aliphatic hydroxyl groups is 1. The third-order valence-electron chi connectivity index (χ3n) is 25.4. The van der Waals surface area contributed by atoms with E-state index in [9.17, 15) is 39.3 Å². The summed E-state index contributed by atoms with van der Waals surface area (Å²) in [6.07, 6.45) is 22.0.